The minimum absolute atomic E-state index is 0.0769. The molecule has 0 spiro atoms. The SMILES string of the molecule is Cc1csc(NC(=O)CSc2ncccc2Br)n1. The third-order valence-electron chi connectivity index (χ3n) is 1.93. The van der Waals surface area contributed by atoms with Crippen LogP contribution in [-0.4, -0.2) is 21.6 Å². The van der Waals surface area contributed by atoms with Gasteiger partial charge in [-0.2, -0.15) is 0 Å². The molecular weight excluding hydrogens is 334 g/mol. The van der Waals surface area contributed by atoms with Gasteiger partial charge in [0.15, 0.2) is 5.13 Å². The van der Waals surface area contributed by atoms with Crippen molar-refractivity contribution in [1.29, 1.82) is 0 Å². The first-order chi connectivity index (χ1) is 8.65. The lowest BCUT2D eigenvalue weighted by Gasteiger charge is -2.02. The largest absolute Gasteiger partial charge is 0.301 e. The molecule has 18 heavy (non-hydrogen) atoms. The number of nitrogens with one attached hydrogen (secondary N) is 1. The maximum atomic E-state index is 11.7. The van der Waals surface area contributed by atoms with Crippen molar-refractivity contribution in [3.05, 3.63) is 33.9 Å². The predicted octanol–water partition coefficient (Wildman–Crippen LogP) is 3.34. The summed E-state index contributed by atoms with van der Waals surface area (Å²) in [5, 5.41) is 6.10. The van der Waals surface area contributed by atoms with Gasteiger partial charge in [0.2, 0.25) is 5.91 Å². The van der Waals surface area contributed by atoms with Crippen molar-refractivity contribution in [1.82, 2.24) is 9.97 Å². The lowest BCUT2D eigenvalue weighted by molar-refractivity contribution is -0.113. The highest BCUT2D eigenvalue weighted by molar-refractivity contribution is 9.10. The van der Waals surface area contributed by atoms with Crippen LogP contribution in [0, 0.1) is 6.92 Å². The number of anilines is 1. The average molecular weight is 344 g/mol. The van der Waals surface area contributed by atoms with Crippen molar-refractivity contribution in [2.45, 2.75) is 11.9 Å². The minimum atomic E-state index is -0.0769. The van der Waals surface area contributed by atoms with Gasteiger partial charge >= 0.3 is 0 Å². The molecule has 2 aromatic rings. The molecule has 2 heterocycles. The first-order valence-corrected chi connectivity index (χ1v) is 7.76. The van der Waals surface area contributed by atoms with E-state index in [1.807, 2.05) is 24.4 Å². The molecular formula is C11H10BrN3OS2. The van der Waals surface area contributed by atoms with Crippen molar-refractivity contribution in [2.75, 3.05) is 11.1 Å². The molecule has 0 radical (unpaired) electrons. The quantitative estimate of drug-likeness (QED) is 0.865. The van der Waals surface area contributed by atoms with Crippen molar-refractivity contribution >= 4 is 50.1 Å². The van der Waals surface area contributed by atoms with Gasteiger partial charge in [-0.3, -0.25) is 4.79 Å². The number of nitrogens with zero attached hydrogens (tertiary/aromatic N) is 2. The van der Waals surface area contributed by atoms with E-state index in [4.69, 9.17) is 0 Å². The second kappa shape index (κ2) is 6.31. The van der Waals surface area contributed by atoms with Crippen LogP contribution in [0.1, 0.15) is 5.69 Å². The number of halogens is 1. The highest BCUT2D eigenvalue weighted by atomic mass is 79.9. The van der Waals surface area contributed by atoms with Crippen LogP contribution >= 0.6 is 39.0 Å². The van der Waals surface area contributed by atoms with Gasteiger partial charge in [0.05, 0.1) is 11.4 Å². The number of carbonyl (C=O) groups is 1. The van der Waals surface area contributed by atoms with Crippen molar-refractivity contribution in [3.8, 4) is 0 Å². The second-order valence-electron chi connectivity index (χ2n) is 3.42. The summed E-state index contributed by atoms with van der Waals surface area (Å²) in [6.07, 6.45) is 1.70. The molecule has 0 atom stereocenters. The molecule has 0 aromatic carbocycles. The Balaban J connectivity index is 1.87. The number of carbonyl (C=O) groups excluding carboxylic acids is 1. The molecule has 2 rings (SSSR count). The Bertz CT molecular complexity index is 559. The van der Waals surface area contributed by atoms with E-state index < -0.39 is 0 Å². The fraction of sp³-hybridized carbons (Fsp3) is 0.182. The number of aromatic nitrogens is 2. The van der Waals surface area contributed by atoms with Crippen molar-refractivity contribution in [3.63, 3.8) is 0 Å². The van der Waals surface area contributed by atoms with E-state index in [1.165, 1.54) is 23.1 Å². The third-order valence-corrected chi connectivity index (χ3v) is 4.71. The summed E-state index contributed by atoms with van der Waals surface area (Å²) in [6, 6.07) is 3.74. The normalized spacial score (nSPS) is 10.3. The first kappa shape index (κ1) is 13.5. The lowest BCUT2D eigenvalue weighted by Crippen LogP contribution is -2.13. The molecule has 0 aliphatic rings. The zero-order valence-electron chi connectivity index (χ0n) is 9.51. The molecule has 0 fully saturated rings. The van der Waals surface area contributed by atoms with Gasteiger partial charge in [-0.1, -0.05) is 11.8 Å². The summed E-state index contributed by atoms with van der Waals surface area (Å²) in [7, 11) is 0. The predicted molar refractivity (Wildman–Crippen MR) is 78.1 cm³/mol. The zero-order chi connectivity index (χ0) is 13.0. The summed E-state index contributed by atoms with van der Waals surface area (Å²) < 4.78 is 0.896. The molecule has 94 valence electrons. The summed E-state index contributed by atoms with van der Waals surface area (Å²) in [5.74, 6) is 0.237. The van der Waals surface area contributed by atoms with E-state index in [1.54, 1.807) is 6.20 Å². The topological polar surface area (TPSA) is 54.9 Å². The standard InChI is InChI=1S/C11H10BrN3OS2/c1-7-5-18-11(14-7)15-9(16)6-17-10-8(12)3-2-4-13-10/h2-5H,6H2,1H3,(H,14,15,16). The van der Waals surface area contributed by atoms with E-state index in [9.17, 15) is 4.79 Å². The van der Waals surface area contributed by atoms with E-state index >= 15 is 0 Å². The zero-order valence-corrected chi connectivity index (χ0v) is 12.7. The summed E-state index contributed by atoms with van der Waals surface area (Å²) >= 11 is 6.20. The van der Waals surface area contributed by atoms with E-state index in [-0.39, 0.29) is 5.91 Å². The van der Waals surface area contributed by atoms with Crippen LogP contribution in [0.4, 0.5) is 5.13 Å². The molecule has 0 bridgehead atoms. The summed E-state index contributed by atoms with van der Waals surface area (Å²) in [6.45, 7) is 1.89. The number of thioether (sulfide) groups is 1. The average Bonchev–Trinajstić information content (AvgIpc) is 2.74. The van der Waals surface area contributed by atoms with Gasteiger partial charge in [-0.05, 0) is 35.0 Å². The Morgan fingerprint density at radius 2 is 2.44 bits per heavy atom. The van der Waals surface area contributed by atoms with Gasteiger partial charge in [0.1, 0.15) is 5.03 Å². The molecule has 4 nitrogen and oxygen atoms in total. The van der Waals surface area contributed by atoms with Crippen LogP contribution in [0.2, 0.25) is 0 Å². The highest BCUT2D eigenvalue weighted by Gasteiger charge is 2.08. The Labute approximate surface area is 121 Å². The Hall–Kier alpha value is -0.920. The molecule has 0 saturated heterocycles. The van der Waals surface area contributed by atoms with Gasteiger partial charge in [0.25, 0.3) is 0 Å². The number of pyridine rings is 1. The first-order valence-electron chi connectivity index (χ1n) is 5.10. The number of aryl methyl sites for hydroxylation is 1. The smallest absolute Gasteiger partial charge is 0.236 e. The number of rotatable bonds is 4. The fourth-order valence-corrected chi connectivity index (χ4v) is 3.16. The number of amides is 1. The highest BCUT2D eigenvalue weighted by Crippen LogP contribution is 2.24. The summed E-state index contributed by atoms with van der Waals surface area (Å²) in [5.41, 5.74) is 0.912. The minimum Gasteiger partial charge on any atom is -0.301 e. The van der Waals surface area contributed by atoms with Crippen molar-refractivity contribution in [2.24, 2.45) is 0 Å². The third kappa shape index (κ3) is 3.79. The van der Waals surface area contributed by atoms with Crippen LogP contribution in [0.15, 0.2) is 33.2 Å². The van der Waals surface area contributed by atoms with Crippen LogP contribution < -0.4 is 5.32 Å². The van der Waals surface area contributed by atoms with Gasteiger partial charge in [0, 0.05) is 16.0 Å². The number of hydrogen-bond donors (Lipinski definition) is 1. The fourth-order valence-electron chi connectivity index (χ4n) is 1.18. The van der Waals surface area contributed by atoms with Crippen LogP contribution in [0.3, 0.4) is 0 Å². The van der Waals surface area contributed by atoms with E-state index in [0.717, 1.165) is 15.2 Å². The molecule has 2 aromatic heterocycles. The molecule has 7 heteroatoms. The van der Waals surface area contributed by atoms with E-state index in [0.29, 0.717) is 10.9 Å². The maximum Gasteiger partial charge on any atom is 0.236 e. The van der Waals surface area contributed by atoms with Gasteiger partial charge in [-0.15, -0.1) is 11.3 Å². The second-order valence-corrected chi connectivity index (χ2v) is 6.10. The summed E-state index contributed by atoms with van der Waals surface area (Å²) in [4.78, 5) is 20.1. The van der Waals surface area contributed by atoms with Crippen molar-refractivity contribution < 1.29 is 4.79 Å². The number of hydrogen-bond acceptors (Lipinski definition) is 5. The maximum absolute atomic E-state index is 11.7. The van der Waals surface area contributed by atoms with Crippen LogP contribution in [0.5, 0.6) is 0 Å². The molecule has 0 aliphatic carbocycles. The van der Waals surface area contributed by atoms with E-state index in [2.05, 4.69) is 31.2 Å². The molecule has 0 saturated carbocycles. The molecule has 0 aliphatic heterocycles. The Kier molecular flexibility index (Phi) is 4.73. The molecule has 0 unspecified atom stereocenters. The van der Waals surface area contributed by atoms with Gasteiger partial charge < -0.3 is 5.32 Å². The monoisotopic (exact) mass is 343 g/mol. The Morgan fingerprint density at radius 1 is 1.61 bits per heavy atom. The van der Waals surface area contributed by atoms with Gasteiger partial charge in [-0.25, -0.2) is 9.97 Å². The Morgan fingerprint density at radius 3 is 3.11 bits per heavy atom. The van der Waals surface area contributed by atoms with Crippen LogP contribution in [0.25, 0.3) is 0 Å². The molecule has 1 N–H and O–H groups in total. The lowest BCUT2D eigenvalue weighted by atomic mass is 10.5. The number of thiazole rings is 1. The van der Waals surface area contributed by atoms with Crippen LogP contribution in [-0.2, 0) is 4.79 Å². The molecule has 1 amide bonds.